The molecule has 0 aliphatic carbocycles. The van der Waals surface area contributed by atoms with Crippen LogP contribution in [0.4, 0.5) is 8.78 Å². The van der Waals surface area contributed by atoms with Crippen LogP contribution in [0.25, 0.3) is 0 Å². The molecule has 1 aromatic heterocycles. The molecular formula is C9H6Br2F2N2. The molecule has 6 heteroatoms. The van der Waals surface area contributed by atoms with Crippen molar-refractivity contribution in [3.63, 3.8) is 0 Å². The lowest BCUT2D eigenvalue weighted by atomic mass is 10.1. The zero-order valence-corrected chi connectivity index (χ0v) is 10.6. The van der Waals surface area contributed by atoms with E-state index in [4.69, 9.17) is 5.26 Å². The molecule has 0 unspecified atom stereocenters. The number of nitrogens with zero attached hydrogens (tertiary/aromatic N) is 2. The molecule has 1 rings (SSSR count). The van der Waals surface area contributed by atoms with Gasteiger partial charge in [-0.25, -0.2) is 13.8 Å². The summed E-state index contributed by atoms with van der Waals surface area (Å²) in [4.78, 5) is 3.75. The number of alkyl halides is 3. The smallest absolute Gasteiger partial charge is 0.239 e. The van der Waals surface area contributed by atoms with Gasteiger partial charge >= 0.3 is 0 Å². The number of halogens is 4. The molecule has 0 radical (unpaired) electrons. The second-order valence-corrected chi connectivity index (χ2v) is 4.06. The van der Waals surface area contributed by atoms with E-state index in [0.717, 1.165) is 5.56 Å². The van der Waals surface area contributed by atoms with Crippen molar-refractivity contribution in [1.82, 2.24) is 4.98 Å². The maximum atomic E-state index is 12.6. The molecule has 0 aromatic carbocycles. The first-order valence-electron chi connectivity index (χ1n) is 3.99. The van der Waals surface area contributed by atoms with Gasteiger partial charge in [-0.05, 0) is 33.1 Å². The number of nitriles is 1. The summed E-state index contributed by atoms with van der Waals surface area (Å²) in [7, 11) is 0. The third-order valence-corrected chi connectivity index (χ3v) is 3.07. The molecule has 15 heavy (non-hydrogen) atoms. The minimum absolute atomic E-state index is 0.0556. The molecule has 0 bridgehead atoms. The summed E-state index contributed by atoms with van der Waals surface area (Å²) >= 11 is 6.32. The number of rotatable bonds is 3. The Morgan fingerprint density at radius 1 is 1.47 bits per heavy atom. The average Bonchev–Trinajstić information content (AvgIpc) is 2.20. The SMILES string of the molecule is N#CCc1cc(CBr)c(Br)nc1C(F)F. The fraction of sp³-hybridized carbons (Fsp3) is 0.333. The van der Waals surface area contributed by atoms with Gasteiger partial charge in [-0.3, -0.25) is 0 Å². The highest BCUT2D eigenvalue weighted by molar-refractivity contribution is 9.10. The third kappa shape index (κ3) is 2.95. The highest BCUT2D eigenvalue weighted by Gasteiger charge is 2.17. The van der Waals surface area contributed by atoms with Crippen molar-refractivity contribution >= 4 is 31.9 Å². The van der Waals surface area contributed by atoms with Gasteiger partial charge in [0.05, 0.1) is 12.5 Å². The van der Waals surface area contributed by atoms with Crippen LogP contribution in [0.1, 0.15) is 23.2 Å². The molecule has 1 heterocycles. The van der Waals surface area contributed by atoms with Crippen molar-refractivity contribution in [3.8, 4) is 6.07 Å². The van der Waals surface area contributed by atoms with E-state index in [1.54, 1.807) is 6.07 Å². The lowest BCUT2D eigenvalue weighted by Gasteiger charge is -2.08. The lowest BCUT2D eigenvalue weighted by molar-refractivity contribution is 0.145. The second-order valence-electron chi connectivity index (χ2n) is 2.75. The first-order valence-corrected chi connectivity index (χ1v) is 5.90. The molecule has 0 saturated carbocycles. The minimum Gasteiger partial charge on any atom is -0.239 e. The van der Waals surface area contributed by atoms with Gasteiger partial charge in [-0.15, -0.1) is 0 Å². The van der Waals surface area contributed by atoms with Crippen LogP contribution < -0.4 is 0 Å². The molecular weight excluding hydrogens is 334 g/mol. The number of hydrogen-bond acceptors (Lipinski definition) is 2. The maximum absolute atomic E-state index is 12.6. The normalized spacial score (nSPS) is 10.4. The first-order chi connectivity index (χ1) is 7.10. The lowest BCUT2D eigenvalue weighted by Crippen LogP contribution is -2.01. The largest absolute Gasteiger partial charge is 0.280 e. The molecule has 80 valence electrons. The van der Waals surface area contributed by atoms with E-state index < -0.39 is 6.43 Å². The standard InChI is InChI=1S/C9H6Br2F2N2/c10-4-6-3-5(1-2-14)7(9(12)13)15-8(6)11/h3,9H,1,4H2. The molecule has 0 N–H and O–H groups in total. The Bertz CT molecular complexity index is 402. The molecule has 0 saturated heterocycles. The van der Waals surface area contributed by atoms with Crippen LogP contribution in [-0.4, -0.2) is 4.98 Å². The summed E-state index contributed by atoms with van der Waals surface area (Å²) in [5.41, 5.74) is 0.711. The molecule has 0 spiro atoms. The van der Waals surface area contributed by atoms with Crippen LogP contribution >= 0.6 is 31.9 Å². The molecule has 2 nitrogen and oxygen atoms in total. The van der Waals surface area contributed by atoms with Crippen molar-refractivity contribution in [2.45, 2.75) is 18.2 Å². The summed E-state index contributed by atoms with van der Waals surface area (Å²) in [5.74, 6) is 0. The summed E-state index contributed by atoms with van der Waals surface area (Å²) in [6.07, 6.45) is -2.71. The number of hydrogen-bond donors (Lipinski definition) is 0. The van der Waals surface area contributed by atoms with Crippen molar-refractivity contribution in [2.75, 3.05) is 0 Å². The second kappa shape index (κ2) is 5.52. The Morgan fingerprint density at radius 3 is 2.60 bits per heavy atom. The van der Waals surface area contributed by atoms with E-state index in [-0.39, 0.29) is 17.7 Å². The van der Waals surface area contributed by atoms with Gasteiger partial charge in [-0.1, -0.05) is 15.9 Å². The van der Waals surface area contributed by atoms with E-state index in [1.165, 1.54) is 0 Å². The van der Waals surface area contributed by atoms with E-state index in [9.17, 15) is 8.78 Å². The number of pyridine rings is 1. The minimum atomic E-state index is -2.66. The van der Waals surface area contributed by atoms with Gasteiger partial charge in [0.15, 0.2) is 0 Å². The molecule has 0 amide bonds. The number of aromatic nitrogens is 1. The van der Waals surface area contributed by atoms with Crippen LogP contribution in [0.5, 0.6) is 0 Å². The van der Waals surface area contributed by atoms with Crippen molar-refractivity contribution in [3.05, 3.63) is 27.5 Å². The highest BCUT2D eigenvalue weighted by Crippen LogP contribution is 2.27. The predicted octanol–water partition coefficient (Wildman–Crippen LogP) is 3.74. The third-order valence-electron chi connectivity index (χ3n) is 1.78. The molecule has 0 atom stereocenters. The van der Waals surface area contributed by atoms with Crippen molar-refractivity contribution in [2.24, 2.45) is 0 Å². The van der Waals surface area contributed by atoms with E-state index in [1.807, 2.05) is 6.07 Å². The summed E-state index contributed by atoms with van der Waals surface area (Å²) in [5, 5.41) is 9.02. The van der Waals surface area contributed by atoms with Crippen molar-refractivity contribution < 1.29 is 8.78 Å². The van der Waals surface area contributed by atoms with Gasteiger partial charge < -0.3 is 0 Å². The maximum Gasteiger partial charge on any atom is 0.280 e. The molecule has 0 aliphatic heterocycles. The molecule has 1 aromatic rings. The van der Waals surface area contributed by atoms with E-state index in [2.05, 4.69) is 36.8 Å². The van der Waals surface area contributed by atoms with Crippen molar-refractivity contribution in [1.29, 1.82) is 5.26 Å². The van der Waals surface area contributed by atoms with Gasteiger partial charge in [0.25, 0.3) is 6.43 Å². The Balaban J connectivity index is 3.26. The zero-order valence-electron chi connectivity index (χ0n) is 7.48. The summed E-state index contributed by atoms with van der Waals surface area (Å²) < 4.78 is 25.5. The first kappa shape index (κ1) is 12.5. The summed E-state index contributed by atoms with van der Waals surface area (Å²) in [6, 6.07) is 3.41. The Kier molecular flexibility index (Phi) is 4.61. The fourth-order valence-electron chi connectivity index (χ4n) is 1.10. The van der Waals surface area contributed by atoms with Crippen LogP contribution in [0.2, 0.25) is 0 Å². The van der Waals surface area contributed by atoms with Gasteiger partial charge in [0, 0.05) is 5.33 Å². The van der Waals surface area contributed by atoms with Crippen LogP contribution in [0.3, 0.4) is 0 Å². The summed E-state index contributed by atoms with van der Waals surface area (Å²) in [6.45, 7) is 0. The monoisotopic (exact) mass is 338 g/mol. The Morgan fingerprint density at radius 2 is 2.13 bits per heavy atom. The topological polar surface area (TPSA) is 36.7 Å². The molecule has 0 aliphatic rings. The predicted molar refractivity (Wildman–Crippen MR) is 58.8 cm³/mol. The quantitative estimate of drug-likeness (QED) is 0.621. The zero-order chi connectivity index (χ0) is 11.4. The van der Waals surface area contributed by atoms with Crippen LogP contribution in [0.15, 0.2) is 10.7 Å². The Labute approximate surface area is 103 Å². The fourth-order valence-corrected chi connectivity index (χ4v) is 2.35. The van der Waals surface area contributed by atoms with Gasteiger partial charge in [0.1, 0.15) is 10.3 Å². The van der Waals surface area contributed by atoms with Gasteiger partial charge in [-0.2, -0.15) is 5.26 Å². The van der Waals surface area contributed by atoms with Crippen LogP contribution in [0, 0.1) is 11.3 Å². The molecule has 0 fully saturated rings. The average molecular weight is 340 g/mol. The van der Waals surface area contributed by atoms with E-state index in [0.29, 0.717) is 9.93 Å². The van der Waals surface area contributed by atoms with Crippen LogP contribution in [-0.2, 0) is 11.8 Å². The van der Waals surface area contributed by atoms with E-state index >= 15 is 0 Å². The van der Waals surface area contributed by atoms with Gasteiger partial charge in [0.2, 0.25) is 0 Å². The highest BCUT2D eigenvalue weighted by atomic mass is 79.9. The Hall–Kier alpha value is -0.540.